The number of para-hydroxylation sites is 1. The molecule has 2 aromatic rings. The maximum Gasteiger partial charge on any atom is 0.255 e. The Morgan fingerprint density at radius 2 is 1.94 bits per heavy atom. The van der Waals surface area contributed by atoms with Gasteiger partial charge < -0.3 is 11.1 Å². The fourth-order valence-corrected chi connectivity index (χ4v) is 1.74. The Bertz CT molecular complexity index is 581. The van der Waals surface area contributed by atoms with Crippen LogP contribution in [-0.2, 0) is 0 Å². The third-order valence-corrected chi connectivity index (χ3v) is 2.52. The van der Waals surface area contributed by atoms with Gasteiger partial charge in [-0.3, -0.25) is 4.79 Å². The van der Waals surface area contributed by atoms with Gasteiger partial charge in [0, 0.05) is 16.3 Å². The molecule has 18 heavy (non-hydrogen) atoms. The van der Waals surface area contributed by atoms with E-state index in [1.807, 2.05) is 0 Å². The summed E-state index contributed by atoms with van der Waals surface area (Å²) in [6.45, 7) is 0. The number of benzene rings is 2. The molecule has 0 aromatic heterocycles. The van der Waals surface area contributed by atoms with Crippen LogP contribution in [0.15, 0.2) is 42.5 Å². The Hall–Kier alpha value is -2.07. The largest absolute Gasteiger partial charge is 0.399 e. The minimum Gasteiger partial charge on any atom is -0.399 e. The molecule has 3 N–H and O–H groups in total. The molecule has 0 heterocycles. The van der Waals surface area contributed by atoms with E-state index < -0.39 is 11.7 Å². The molecule has 0 aliphatic rings. The lowest BCUT2D eigenvalue weighted by atomic mass is 10.2. The highest BCUT2D eigenvalue weighted by molar-refractivity contribution is 6.31. The van der Waals surface area contributed by atoms with E-state index in [9.17, 15) is 9.18 Å². The molecule has 0 radical (unpaired) electrons. The van der Waals surface area contributed by atoms with Crippen molar-refractivity contribution in [1.29, 1.82) is 0 Å². The Balaban J connectivity index is 2.25. The highest BCUT2D eigenvalue weighted by Gasteiger charge is 2.10. The molecule has 2 aromatic carbocycles. The summed E-state index contributed by atoms with van der Waals surface area (Å²) in [6, 6.07) is 10.4. The first-order valence-electron chi connectivity index (χ1n) is 5.18. The van der Waals surface area contributed by atoms with Crippen molar-refractivity contribution in [2.75, 3.05) is 11.1 Å². The summed E-state index contributed by atoms with van der Waals surface area (Å²) >= 11 is 5.79. The molecule has 0 spiro atoms. The first kappa shape index (κ1) is 12.4. The number of nitrogen functional groups attached to an aromatic ring is 1. The highest BCUT2D eigenvalue weighted by atomic mass is 35.5. The van der Waals surface area contributed by atoms with Crippen LogP contribution in [0.1, 0.15) is 10.4 Å². The second-order valence-electron chi connectivity index (χ2n) is 3.71. The zero-order valence-corrected chi connectivity index (χ0v) is 10.0. The lowest BCUT2D eigenvalue weighted by Crippen LogP contribution is -2.13. The summed E-state index contributed by atoms with van der Waals surface area (Å²) in [5.74, 6) is -0.963. The van der Waals surface area contributed by atoms with E-state index in [0.717, 1.165) is 0 Å². The van der Waals surface area contributed by atoms with Crippen LogP contribution in [0.3, 0.4) is 0 Å². The normalized spacial score (nSPS) is 10.1. The molecule has 0 saturated carbocycles. The van der Waals surface area contributed by atoms with E-state index in [1.165, 1.54) is 30.3 Å². The SMILES string of the molecule is Nc1cc(Cl)cc(C(=O)Nc2ccccc2F)c1. The van der Waals surface area contributed by atoms with E-state index in [4.69, 9.17) is 17.3 Å². The number of carbonyl (C=O) groups excluding carboxylic acids is 1. The Morgan fingerprint density at radius 3 is 2.61 bits per heavy atom. The third kappa shape index (κ3) is 2.78. The van der Waals surface area contributed by atoms with Crippen molar-refractivity contribution >= 4 is 28.9 Å². The first-order valence-corrected chi connectivity index (χ1v) is 5.56. The van der Waals surface area contributed by atoms with E-state index in [2.05, 4.69) is 5.32 Å². The van der Waals surface area contributed by atoms with Crippen molar-refractivity contribution in [3.8, 4) is 0 Å². The van der Waals surface area contributed by atoms with Gasteiger partial charge in [-0.05, 0) is 30.3 Å². The summed E-state index contributed by atoms with van der Waals surface area (Å²) in [5, 5.41) is 2.81. The standard InChI is InChI=1S/C13H10ClFN2O/c14-9-5-8(6-10(16)7-9)13(18)17-12-4-2-1-3-11(12)15/h1-7H,16H2,(H,17,18). The number of hydrogen-bond acceptors (Lipinski definition) is 2. The molecule has 92 valence electrons. The average Bonchev–Trinajstić information content (AvgIpc) is 2.31. The molecule has 0 aliphatic carbocycles. The third-order valence-electron chi connectivity index (χ3n) is 2.30. The molecule has 1 amide bonds. The lowest BCUT2D eigenvalue weighted by molar-refractivity contribution is 0.102. The smallest absolute Gasteiger partial charge is 0.255 e. The summed E-state index contributed by atoms with van der Waals surface area (Å²) in [6.07, 6.45) is 0. The predicted octanol–water partition coefficient (Wildman–Crippen LogP) is 3.31. The Kier molecular flexibility index (Phi) is 3.48. The maximum atomic E-state index is 13.4. The molecule has 3 nitrogen and oxygen atoms in total. The molecular weight excluding hydrogens is 255 g/mol. The lowest BCUT2D eigenvalue weighted by Gasteiger charge is -2.07. The quantitative estimate of drug-likeness (QED) is 0.818. The minimum atomic E-state index is -0.499. The van der Waals surface area contributed by atoms with Crippen LogP contribution in [0.5, 0.6) is 0 Å². The molecule has 5 heteroatoms. The van der Waals surface area contributed by atoms with Gasteiger partial charge in [-0.2, -0.15) is 0 Å². The number of hydrogen-bond donors (Lipinski definition) is 2. The topological polar surface area (TPSA) is 55.1 Å². The zero-order chi connectivity index (χ0) is 13.1. The summed E-state index contributed by atoms with van der Waals surface area (Å²) < 4.78 is 13.4. The van der Waals surface area contributed by atoms with Crippen LogP contribution >= 0.6 is 11.6 Å². The monoisotopic (exact) mass is 264 g/mol. The van der Waals surface area contributed by atoms with Gasteiger partial charge in [0.25, 0.3) is 5.91 Å². The maximum absolute atomic E-state index is 13.4. The molecule has 0 aliphatic heterocycles. The highest BCUT2D eigenvalue weighted by Crippen LogP contribution is 2.19. The molecular formula is C13H10ClFN2O. The number of carbonyl (C=O) groups is 1. The molecule has 0 atom stereocenters. The van der Waals surface area contributed by atoms with Crippen molar-refractivity contribution in [2.24, 2.45) is 0 Å². The number of rotatable bonds is 2. The van der Waals surface area contributed by atoms with Crippen molar-refractivity contribution < 1.29 is 9.18 Å². The fourth-order valence-electron chi connectivity index (χ4n) is 1.50. The van der Waals surface area contributed by atoms with Crippen LogP contribution in [0.2, 0.25) is 5.02 Å². The second kappa shape index (κ2) is 5.06. The Labute approximate surface area is 108 Å². The summed E-state index contributed by atoms with van der Waals surface area (Å²) in [7, 11) is 0. The average molecular weight is 265 g/mol. The number of nitrogens with one attached hydrogen (secondary N) is 1. The van der Waals surface area contributed by atoms with E-state index in [1.54, 1.807) is 12.1 Å². The first-order chi connectivity index (χ1) is 8.56. The van der Waals surface area contributed by atoms with Gasteiger partial charge in [-0.15, -0.1) is 0 Å². The van der Waals surface area contributed by atoms with Crippen molar-refractivity contribution in [1.82, 2.24) is 0 Å². The predicted molar refractivity (Wildman–Crippen MR) is 70.2 cm³/mol. The van der Waals surface area contributed by atoms with Crippen molar-refractivity contribution in [3.05, 3.63) is 58.9 Å². The minimum absolute atomic E-state index is 0.112. The van der Waals surface area contributed by atoms with Crippen LogP contribution in [0, 0.1) is 5.82 Å². The van der Waals surface area contributed by atoms with Gasteiger partial charge in [0.1, 0.15) is 5.82 Å². The van der Waals surface area contributed by atoms with Crippen LogP contribution < -0.4 is 11.1 Å². The summed E-state index contributed by atoms with van der Waals surface area (Å²) in [5.41, 5.74) is 6.35. The van der Waals surface area contributed by atoms with Crippen molar-refractivity contribution in [2.45, 2.75) is 0 Å². The van der Waals surface area contributed by atoms with Crippen LogP contribution in [-0.4, -0.2) is 5.91 Å². The van der Waals surface area contributed by atoms with Gasteiger partial charge in [0.15, 0.2) is 0 Å². The zero-order valence-electron chi connectivity index (χ0n) is 9.28. The molecule has 0 fully saturated rings. The Morgan fingerprint density at radius 1 is 1.22 bits per heavy atom. The van der Waals surface area contributed by atoms with E-state index in [-0.39, 0.29) is 11.3 Å². The van der Waals surface area contributed by atoms with E-state index >= 15 is 0 Å². The van der Waals surface area contributed by atoms with Crippen LogP contribution in [0.4, 0.5) is 15.8 Å². The van der Waals surface area contributed by atoms with Gasteiger partial charge in [0.2, 0.25) is 0 Å². The molecule has 0 unspecified atom stereocenters. The number of halogens is 2. The van der Waals surface area contributed by atoms with Gasteiger partial charge in [-0.25, -0.2) is 4.39 Å². The summed E-state index contributed by atoms with van der Waals surface area (Å²) in [4.78, 5) is 11.9. The number of nitrogens with two attached hydrogens (primary N) is 1. The fraction of sp³-hybridized carbons (Fsp3) is 0. The van der Waals surface area contributed by atoms with Crippen molar-refractivity contribution in [3.63, 3.8) is 0 Å². The van der Waals surface area contributed by atoms with Gasteiger partial charge in [0.05, 0.1) is 5.69 Å². The van der Waals surface area contributed by atoms with Gasteiger partial charge >= 0.3 is 0 Å². The molecule has 0 saturated heterocycles. The van der Waals surface area contributed by atoms with E-state index in [0.29, 0.717) is 10.7 Å². The van der Waals surface area contributed by atoms with Crippen LogP contribution in [0.25, 0.3) is 0 Å². The molecule has 0 bridgehead atoms. The number of amides is 1. The number of anilines is 2. The molecule has 2 rings (SSSR count). The van der Waals surface area contributed by atoms with Gasteiger partial charge in [-0.1, -0.05) is 23.7 Å². The second-order valence-corrected chi connectivity index (χ2v) is 4.14.